The number of nitrogens with one attached hydrogen (secondary N) is 1. The number of carbonyl (C=O) groups excluding carboxylic acids is 1. The predicted octanol–water partition coefficient (Wildman–Crippen LogP) is 10.3. The minimum Gasteiger partial charge on any atom is -0.481 e. The van der Waals surface area contributed by atoms with Crippen LogP contribution in [0.1, 0.15) is 193 Å². The first-order valence-corrected chi connectivity index (χ1v) is 16.3. The SMILES string of the molecule is O=C(O)CCCCCCCCCCCCCCCCCCCCCCCCCCCCCCC(=O)NO. The summed E-state index contributed by atoms with van der Waals surface area (Å²) in [6.07, 6.45) is 37.6. The highest BCUT2D eigenvalue weighted by Crippen LogP contribution is 2.16. The minimum atomic E-state index is -0.657. The Labute approximate surface area is 229 Å². The number of hydroxylamine groups is 1. The number of aliphatic carboxylic acids is 1. The number of carboxylic acids is 1. The number of rotatable bonds is 31. The topological polar surface area (TPSA) is 86.6 Å². The molecule has 0 rings (SSSR count). The van der Waals surface area contributed by atoms with Crippen molar-refractivity contribution in [3.63, 3.8) is 0 Å². The van der Waals surface area contributed by atoms with Gasteiger partial charge in [0.1, 0.15) is 0 Å². The molecule has 0 spiro atoms. The van der Waals surface area contributed by atoms with Crippen molar-refractivity contribution < 1.29 is 19.9 Å². The van der Waals surface area contributed by atoms with Crippen LogP contribution < -0.4 is 5.48 Å². The van der Waals surface area contributed by atoms with Gasteiger partial charge >= 0.3 is 5.97 Å². The van der Waals surface area contributed by atoms with Crippen molar-refractivity contribution in [3.05, 3.63) is 0 Å². The Morgan fingerprint density at radius 2 is 0.541 bits per heavy atom. The smallest absolute Gasteiger partial charge is 0.303 e. The van der Waals surface area contributed by atoms with E-state index in [0.29, 0.717) is 12.8 Å². The van der Waals surface area contributed by atoms with Gasteiger partial charge in [0.15, 0.2) is 0 Å². The molecule has 3 N–H and O–H groups in total. The Kier molecular flexibility index (Phi) is 30.2. The van der Waals surface area contributed by atoms with Crippen molar-refractivity contribution >= 4 is 11.9 Å². The third kappa shape index (κ3) is 32.9. The fraction of sp³-hybridized carbons (Fsp3) is 0.938. The molecule has 0 unspecified atom stereocenters. The van der Waals surface area contributed by atoms with E-state index in [0.717, 1.165) is 25.7 Å². The highest BCUT2D eigenvalue weighted by atomic mass is 16.5. The molecule has 0 saturated carbocycles. The van der Waals surface area contributed by atoms with Crippen molar-refractivity contribution in [3.8, 4) is 0 Å². The second-order valence-corrected chi connectivity index (χ2v) is 11.3. The molecule has 37 heavy (non-hydrogen) atoms. The van der Waals surface area contributed by atoms with Crippen LogP contribution in [0.15, 0.2) is 0 Å². The van der Waals surface area contributed by atoms with Crippen LogP contribution in [-0.4, -0.2) is 22.2 Å². The zero-order valence-electron chi connectivity index (χ0n) is 24.4. The highest BCUT2D eigenvalue weighted by molar-refractivity contribution is 5.74. The van der Waals surface area contributed by atoms with E-state index in [2.05, 4.69) is 0 Å². The maximum absolute atomic E-state index is 10.9. The molecule has 0 atom stereocenters. The Morgan fingerprint density at radius 1 is 0.351 bits per heavy atom. The minimum absolute atomic E-state index is 0.263. The van der Waals surface area contributed by atoms with Gasteiger partial charge < -0.3 is 5.11 Å². The second kappa shape index (κ2) is 31.1. The number of unbranched alkanes of at least 4 members (excludes halogenated alkanes) is 27. The van der Waals surface area contributed by atoms with Gasteiger partial charge in [-0.25, -0.2) is 5.48 Å². The van der Waals surface area contributed by atoms with Crippen LogP contribution in [0.5, 0.6) is 0 Å². The molecule has 0 bridgehead atoms. The van der Waals surface area contributed by atoms with Gasteiger partial charge in [-0.05, 0) is 12.8 Å². The second-order valence-electron chi connectivity index (χ2n) is 11.3. The first-order valence-electron chi connectivity index (χ1n) is 16.3. The zero-order valence-corrected chi connectivity index (χ0v) is 24.4. The van der Waals surface area contributed by atoms with Crippen LogP contribution in [0.4, 0.5) is 0 Å². The molecule has 5 heteroatoms. The van der Waals surface area contributed by atoms with Gasteiger partial charge in [-0.3, -0.25) is 14.8 Å². The van der Waals surface area contributed by atoms with E-state index in [1.54, 1.807) is 5.48 Å². The molecule has 0 aromatic heterocycles. The van der Waals surface area contributed by atoms with E-state index in [1.165, 1.54) is 154 Å². The first kappa shape index (κ1) is 35.9. The maximum atomic E-state index is 10.9. The number of hydrogen-bond acceptors (Lipinski definition) is 3. The van der Waals surface area contributed by atoms with Crippen LogP contribution in [-0.2, 0) is 9.59 Å². The summed E-state index contributed by atoms with van der Waals surface area (Å²) in [6.45, 7) is 0. The van der Waals surface area contributed by atoms with Gasteiger partial charge in [0.25, 0.3) is 0 Å². The largest absolute Gasteiger partial charge is 0.481 e. The molecule has 220 valence electrons. The van der Waals surface area contributed by atoms with E-state index in [4.69, 9.17) is 10.3 Å². The average molecular weight is 526 g/mol. The Hall–Kier alpha value is -1.10. The van der Waals surface area contributed by atoms with Crippen molar-refractivity contribution in [2.45, 2.75) is 193 Å². The van der Waals surface area contributed by atoms with Gasteiger partial charge in [0.05, 0.1) is 0 Å². The summed E-state index contributed by atoms with van der Waals surface area (Å²) in [4.78, 5) is 21.4. The fourth-order valence-electron chi connectivity index (χ4n) is 5.21. The summed E-state index contributed by atoms with van der Waals surface area (Å²) < 4.78 is 0. The van der Waals surface area contributed by atoms with E-state index in [1.807, 2.05) is 0 Å². The maximum Gasteiger partial charge on any atom is 0.303 e. The summed E-state index contributed by atoms with van der Waals surface area (Å²) in [5.74, 6) is -0.920. The molecular formula is C32H63NO4. The Balaban J connectivity index is 3.04. The number of carboxylic acid groups (broad SMARTS) is 1. The number of amides is 1. The van der Waals surface area contributed by atoms with Gasteiger partial charge in [-0.15, -0.1) is 0 Å². The van der Waals surface area contributed by atoms with Crippen molar-refractivity contribution in [1.82, 2.24) is 5.48 Å². The standard InChI is InChI=1S/C32H63NO4/c34-31(33-37)29-27-25-23-21-19-17-15-13-11-9-7-5-3-1-2-4-6-8-10-12-14-16-18-20-22-24-26-28-30-32(35)36/h37H,1-30H2,(H,33,34)(H,35,36). The highest BCUT2D eigenvalue weighted by Gasteiger charge is 1.99. The van der Waals surface area contributed by atoms with Gasteiger partial charge in [0, 0.05) is 12.8 Å². The van der Waals surface area contributed by atoms with Crippen LogP contribution in [0.25, 0.3) is 0 Å². The van der Waals surface area contributed by atoms with Crippen LogP contribution in [0.2, 0.25) is 0 Å². The van der Waals surface area contributed by atoms with Gasteiger partial charge in [-0.1, -0.05) is 167 Å². The lowest BCUT2D eigenvalue weighted by Gasteiger charge is -2.04. The quantitative estimate of drug-likeness (QED) is 0.0477. The van der Waals surface area contributed by atoms with Gasteiger partial charge in [-0.2, -0.15) is 0 Å². The molecule has 0 aromatic rings. The van der Waals surface area contributed by atoms with Crippen LogP contribution >= 0.6 is 0 Å². The van der Waals surface area contributed by atoms with E-state index in [9.17, 15) is 9.59 Å². The number of hydrogen-bond donors (Lipinski definition) is 3. The molecule has 5 nitrogen and oxygen atoms in total. The lowest BCUT2D eigenvalue weighted by atomic mass is 10.0. The Morgan fingerprint density at radius 3 is 0.730 bits per heavy atom. The first-order chi connectivity index (χ1) is 18.2. The molecule has 0 radical (unpaired) electrons. The third-order valence-corrected chi connectivity index (χ3v) is 7.67. The lowest BCUT2D eigenvalue weighted by Crippen LogP contribution is -2.17. The van der Waals surface area contributed by atoms with E-state index >= 15 is 0 Å². The van der Waals surface area contributed by atoms with E-state index in [-0.39, 0.29) is 5.91 Å². The van der Waals surface area contributed by atoms with Crippen molar-refractivity contribution in [2.24, 2.45) is 0 Å². The van der Waals surface area contributed by atoms with Crippen molar-refractivity contribution in [1.29, 1.82) is 0 Å². The fourth-order valence-corrected chi connectivity index (χ4v) is 5.21. The summed E-state index contributed by atoms with van der Waals surface area (Å²) >= 11 is 0. The third-order valence-electron chi connectivity index (χ3n) is 7.67. The molecule has 0 aromatic carbocycles. The molecule has 0 fully saturated rings. The Bertz CT molecular complexity index is 483. The molecule has 0 heterocycles. The molecule has 0 aliphatic carbocycles. The molecule has 0 aliphatic rings. The average Bonchev–Trinajstić information content (AvgIpc) is 2.89. The normalized spacial score (nSPS) is 11.2. The molecule has 0 aliphatic heterocycles. The summed E-state index contributed by atoms with van der Waals surface area (Å²) in [5.41, 5.74) is 1.69. The van der Waals surface area contributed by atoms with Crippen LogP contribution in [0.3, 0.4) is 0 Å². The summed E-state index contributed by atoms with van der Waals surface area (Å²) in [6, 6.07) is 0. The monoisotopic (exact) mass is 525 g/mol. The summed E-state index contributed by atoms with van der Waals surface area (Å²) in [7, 11) is 0. The summed E-state index contributed by atoms with van der Waals surface area (Å²) in [5, 5.41) is 17.1. The lowest BCUT2D eigenvalue weighted by molar-refractivity contribution is -0.137. The predicted molar refractivity (Wildman–Crippen MR) is 156 cm³/mol. The number of carbonyl (C=O) groups is 2. The zero-order chi connectivity index (χ0) is 27.1. The molecule has 0 saturated heterocycles. The van der Waals surface area contributed by atoms with Gasteiger partial charge in [0.2, 0.25) is 5.91 Å². The van der Waals surface area contributed by atoms with Crippen LogP contribution in [0, 0.1) is 0 Å². The van der Waals surface area contributed by atoms with E-state index < -0.39 is 5.97 Å². The molecule has 1 amide bonds. The molecular weight excluding hydrogens is 462 g/mol. The van der Waals surface area contributed by atoms with Crippen molar-refractivity contribution in [2.75, 3.05) is 0 Å².